The minimum absolute atomic E-state index is 0.301. The summed E-state index contributed by atoms with van der Waals surface area (Å²) in [6.07, 6.45) is 8.28. The average molecular weight is 282 g/mol. The summed E-state index contributed by atoms with van der Waals surface area (Å²) < 4.78 is 5.37. The molecule has 1 aliphatic heterocycles. The van der Waals surface area contributed by atoms with Gasteiger partial charge in [-0.25, -0.2) is 0 Å². The van der Waals surface area contributed by atoms with Gasteiger partial charge in [0.1, 0.15) is 5.54 Å². The number of nitrogens with one attached hydrogen (secondary N) is 1. The molecular formula is C15H26N2OS. The number of nitrogens with zero attached hydrogens (tertiary/aromatic N) is 1. The van der Waals surface area contributed by atoms with E-state index in [0.29, 0.717) is 6.04 Å². The molecule has 0 radical (unpaired) electrons. The monoisotopic (exact) mass is 282 g/mol. The van der Waals surface area contributed by atoms with E-state index in [-0.39, 0.29) is 5.54 Å². The molecule has 4 heteroatoms. The molecule has 0 bridgehead atoms. The van der Waals surface area contributed by atoms with Gasteiger partial charge in [0.25, 0.3) is 0 Å². The molecule has 108 valence electrons. The number of rotatable bonds is 8. The molecule has 1 unspecified atom stereocenters. The minimum atomic E-state index is -0.301. The standard InChI is InChI=1S/C15H26N2OS/c1-15(12-16,17-13-4-5-13)8-2-3-11-19-14-6-9-18-10-7-14/h13-14,17H,2-11H2,1H3. The van der Waals surface area contributed by atoms with Crippen LogP contribution in [0, 0.1) is 11.3 Å². The molecule has 2 rings (SSSR count). The largest absolute Gasteiger partial charge is 0.381 e. The topological polar surface area (TPSA) is 45.0 Å². The maximum atomic E-state index is 9.29. The Hall–Kier alpha value is -0.240. The first kappa shape index (κ1) is 15.2. The Balaban J connectivity index is 1.53. The van der Waals surface area contributed by atoms with E-state index < -0.39 is 0 Å². The highest BCUT2D eigenvalue weighted by Crippen LogP contribution is 2.26. The molecule has 1 heterocycles. The summed E-state index contributed by atoms with van der Waals surface area (Å²) in [6, 6.07) is 3.07. The lowest BCUT2D eigenvalue weighted by atomic mass is 9.96. The normalized spacial score (nSPS) is 23.8. The lowest BCUT2D eigenvalue weighted by molar-refractivity contribution is 0.100. The van der Waals surface area contributed by atoms with Crippen molar-refractivity contribution < 1.29 is 4.74 Å². The van der Waals surface area contributed by atoms with Gasteiger partial charge >= 0.3 is 0 Å². The van der Waals surface area contributed by atoms with Crippen LogP contribution < -0.4 is 5.32 Å². The zero-order chi connectivity index (χ0) is 13.6. The summed E-state index contributed by atoms with van der Waals surface area (Å²) in [4.78, 5) is 0. The van der Waals surface area contributed by atoms with E-state index in [0.717, 1.165) is 31.3 Å². The molecule has 1 saturated heterocycles. The van der Waals surface area contributed by atoms with Crippen molar-refractivity contribution >= 4 is 11.8 Å². The van der Waals surface area contributed by atoms with Crippen LogP contribution in [0.3, 0.4) is 0 Å². The Kier molecular flexibility index (Phi) is 6.00. The van der Waals surface area contributed by atoms with Crippen LogP contribution in [0.15, 0.2) is 0 Å². The summed E-state index contributed by atoms with van der Waals surface area (Å²) in [6.45, 7) is 3.93. The molecule has 0 spiro atoms. The number of hydrogen-bond acceptors (Lipinski definition) is 4. The van der Waals surface area contributed by atoms with Crippen LogP contribution >= 0.6 is 11.8 Å². The van der Waals surface area contributed by atoms with Crippen LogP contribution in [-0.4, -0.2) is 35.8 Å². The second-order valence-corrected chi connectivity index (χ2v) is 7.41. The van der Waals surface area contributed by atoms with Gasteiger partial charge in [-0.3, -0.25) is 5.32 Å². The van der Waals surface area contributed by atoms with E-state index in [2.05, 4.69) is 30.1 Å². The van der Waals surface area contributed by atoms with Crippen LogP contribution in [0.5, 0.6) is 0 Å². The van der Waals surface area contributed by atoms with Gasteiger partial charge in [0.2, 0.25) is 0 Å². The lowest BCUT2D eigenvalue weighted by Gasteiger charge is -2.24. The molecule has 1 atom stereocenters. The van der Waals surface area contributed by atoms with E-state index in [1.54, 1.807) is 0 Å². The molecule has 0 amide bonds. The van der Waals surface area contributed by atoms with Gasteiger partial charge < -0.3 is 4.74 Å². The van der Waals surface area contributed by atoms with E-state index in [9.17, 15) is 5.26 Å². The molecule has 1 saturated carbocycles. The number of ether oxygens (including phenoxy) is 1. The van der Waals surface area contributed by atoms with Gasteiger partial charge in [0.15, 0.2) is 0 Å². The fraction of sp³-hybridized carbons (Fsp3) is 0.933. The predicted molar refractivity (Wildman–Crippen MR) is 80.3 cm³/mol. The Labute approximate surface area is 121 Å². The third kappa shape index (κ3) is 5.72. The predicted octanol–water partition coefficient (Wildman–Crippen LogP) is 3.10. The Bertz CT molecular complexity index is 308. The maximum absolute atomic E-state index is 9.29. The first-order chi connectivity index (χ1) is 9.22. The van der Waals surface area contributed by atoms with E-state index in [1.165, 1.54) is 37.9 Å². The summed E-state index contributed by atoms with van der Waals surface area (Å²) in [7, 11) is 0. The molecule has 19 heavy (non-hydrogen) atoms. The van der Waals surface area contributed by atoms with Crippen LogP contribution in [-0.2, 0) is 4.74 Å². The zero-order valence-electron chi connectivity index (χ0n) is 12.0. The van der Waals surface area contributed by atoms with Crippen LogP contribution in [0.2, 0.25) is 0 Å². The van der Waals surface area contributed by atoms with Crippen molar-refractivity contribution in [3.05, 3.63) is 0 Å². The molecule has 1 N–H and O–H groups in total. The number of hydrogen-bond donors (Lipinski definition) is 1. The minimum Gasteiger partial charge on any atom is -0.381 e. The average Bonchev–Trinajstić information content (AvgIpc) is 3.23. The van der Waals surface area contributed by atoms with Crippen molar-refractivity contribution in [1.29, 1.82) is 5.26 Å². The van der Waals surface area contributed by atoms with E-state index >= 15 is 0 Å². The van der Waals surface area contributed by atoms with Gasteiger partial charge in [-0.2, -0.15) is 17.0 Å². The highest BCUT2D eigenvalue weighted by molar-refractivity contribution is 7.99. The summed E-state index contributed by atoms with van der Waals surface area (Å²) >= 11 is 2.10. The smallest absolute Gasteiger partial charge is 0.104 e. The van der Waals surface area contributed by atoms with Gasteiger partial charge in [-0.15, -0.1) is 0 Å². The van der Waals surface area contributed by atoms with E-state index in [1.807, 2.05) is 0 Å². The van der Waals surface area contributed by atoms with Crippen molar-refractivity contribution in [2.75, 3.05) is 19.0 Å². The van der Waals surface area contributed by atoms with Crippen LogP contribution in [0.1, 0.15) is 51.9 Å². The molecule has 3 nitrogen and oxygen atoms in total. The van der Waals surface area contributed by atoms with Gasteiger partial charge in [-0.05, 0) is 57.6 Å². The van der Waals surface area contributed by atoms with Crippen molar-refractivity contribution in [3.8, 4) is 6.07 Å². The number of thioether (sulfide) groups is 1. The summed E-state index contributed by atoms with van der Waals surface area (Å²) in [5.41, 5.74) is -0.301. The molecule has 0 aromatic rings. The zero-order valence-corrected chi connectivity index (χ0v) is 12.8. The molecule has 0 aromatic heterocycles. The Morgan fingerprint density at radius 1 is 1.26 bits per heavy atom. The lowest BCUT2D eigenvalue weighted by Crippen LogP contribution is -2.42. The Morgan fingerprint density at radius 3 is 2.63 bits per heavy atom. The summed E-state index contributed by atoms with van der Waals surface area (Å²) in [5.74, 6) is 1.23. The van der Waals surface area contributed by atoms with Crippen molar-refractivity contribution in [2.45, 2.75) is 68.7 Å². The van der Waals surface area contributed by atoms with Gasteiger partial charge in [0.05, 0.1) is 6.07 Å². The summed E-state index contributed by atoms with van der Waals surface area (Å²) in [5, 5.41) is 13.6. The highest BCUT2D eigenvalue weighted by Gasteiger charge is 2.31. The first-order valence-electron chi connectivity index (χ1n) is 7.60. The maximum Gasteiger partial charge on any atom is 0.104 e. The quantitative estimate of drug-likeness (QED) is 0.695. The molecule has 0 aromatic carbocycles. The van der Waals surface area contributed by atoms with E-state index in [4.69, 9.17) is 4.74 Å². The Morgan fingerprint density at radius 2 is 2.00 bits per heavy atom. The van der Waals surface area contributed by atoms with Crippen molar-refractivity contribution in [3.63, 3.8) is 0 Å². The number of nitriles is 1. The fourth-order valence-electron chi connectivity index (χ4n) is 2.51. The molecular weight excluding hydrogens is 256 g/mol. The van der Waals surface area contributed by atoms with Gasteiger partial charge in [-0.1, -0.05) is 0 Å². The highest BCUT2D eigenvalue weighted by atomic mass is 32.2. The van der Waals surface area contributed by atoms with Gasteiger partial charge in [0, 0.05) is 24.5 Å². The van der Waals surface area contributed by atoms with Crippen LogP contribution in [0.25, 0.3) is 0 Å². The SMILES string of the molecule is CC(C#N)(CCCCSC1CCOCC1)NC1CC1. The van der Waals surface area contributed by atoms with Crippen molar-refractivity contribution in [2.24, 2.45) is 0 Å². The van der Waals surface area contributed by atoms with Crippen molar-refractivity contribution in [1.82, 2.24) is 5.32 Å². The second kappa shape index (κ2) is 7.52. The number of unbranched alkanes of at least 4 members (excludes halogenated alkanes) is 1. The molecule has 1 aliphatic carbocycles. The fourth-order valence-corrected chi connectivity index (χ4v) is 3.74. The van der Waals surface area contributed by atoms with Crippen LogP contribution in [0.4, 0.5) is 0 Å². The first-order valence-corrected chi connectivity index (χ1v) is 8.65. The third-order valence-electron chi connectivity index (χ3n) is 3.94. The second-order valence-electron chi connectivity index (χ2n) is 6.00. The molecule has 2 aliphatic rings. The molecule has 2 fully saturated rings. The third-order valence-corrected chi connectivity index (χ3v) is 5.41.